The first kappa shape index (κ1) is 13.0. The van der Waals surface area contributed by atoms with Crippen molar-refractivity contribution >= 4 is 0 Å². The number of rotatable bonds is 6. The lowest BCUT2D eigenvalue weighted by atomic mass is 10.1. The predicted molar refractivity (Wildman–Crippen MR) is 66.8 cm³/mol. The van der Waals surface area contributed by atoms with Gasteiger partial charge in [0.1, 0.15) is 5.75 Å². The van der Waals surface area contributed by atoms with Gasteiger partial charge in [-0.05, 0) is 32.4 Å². The fourth-order valence-electron chi connectivity index (χ4n) is 1.66. The average molecular weight is 222 g/mol. The first-order chi connectivity index (χ1) is 7.65. The second-order valence-electron chi connectivity index (χ2n) is 4.27. The summed E-state index contributed by atoms with van der Waals surface area (Å²) < 4.78 is 5.70. The van der Waals surface area contributed by atoms with E-state index in [0.717, 1.165) is 29.9 Å². The van der Waals surface area contributed by atoms with Crippen LogP contribution < -0.4 is 4.74 Å². The van der Waals surface area contributed by atoms with Crippen molar-refractivity contribution in [2.24, 2.45) is 0 Å². The van der Waals surface area contributed by atoms with Crippen LogP contribution in [-0.2, 0) is 0 Å². The van der Waals surface area contributed by atoms with Crippen molar-refractivity contribution in [1.29, 1.82) is 0 Å². The fourth-order valence-corrected chi connectivity index (χ4v) is 1.66. The van der Waals surface area contributed by atoms with E-state index in [1.807, 2.05) is 25.1 Å². The van der Waals surface area contributed by atoms with Crippen LogP contribution in [0.1, 0.15) is 50.3 Å². The quantitative estimate of drug-likeness (QED) is 0.745. The molecule has 0 heterocycles. The zero-order valence-corrected chi connectivity index (χ0v) is 10.5. The molecular weight excluding hydrogens is 200 g/mol. The largest absolute Gasteiger partial charge is 0.493 e. The molecule has 0 bridgehead atoms. The van der Waals surface area contributed by atoms with Gasteiger partial charge in [0.05, 0.1) is 12.7 Å². The van der Waals surface area contributed by atoms with Gasteiger partial charge in [-0.25, -0.2) is 0 Å². The topological polar surface area (TPSA) is 29.5 Å². The van der Waals surface area contributed by atoms with E-state index in [4.69, 9.17) is 4.74 Å². The van der Waals surface area contributed by atoms with Gasteiger partial charge in [0.2, 0.25) is 0 Å². The Labute approximate surface area is 98.3 Å². The van der Waals surface area contributed by atoms with Gasteiger partial charge in [-0.1, -0.05) is 31.4 Å². The summed E-state index contributed by atoms with van der Waals surface area (Å²) in [5.74, 6) is 0.816. The highest BCUT2D eigenvalue weighted by Gasteiger charge is 2.08. The van der Waals surface area contributed by atoms with Crippen LogP contribution in [0, 0.1) is 6.92 Å². The van der Waals surface area contributed by atoms with Crippen molar-refractivity contribution in [3.8, 4) is 5.75 Å². The molecule has 0 radical (unpaired) electrons. The smallest absolute Gasteiger partial charge is 0.125 e. The lowest BCUT2D eigenvalue weighted by molar-refractivity contribution is 0.190. The number of aliphatic hydroxyl groups excluding tert-OH is 1. The molecule has 1 aromatic rings. The van der Waals surface area contributed by atoms with E-state index >= 15 is 0 Å². The first-order valence-electron chi connectivity index (χ1n) is 6.06. The Morgan fingerprint density at radius 2 is 2.06 bits per heavy atom. The molecule has 0 aliphatic rings. The van der Waals surface area contributed by atoms with Crippen molar-refractivity contribution in [2.75, 3.05) is 6.61 Å². The summed E-state index contributed by atoms with van der Waals surface area (Å²) in [6, 6.07) is 5.95. The third-order valence-electron chi connectivity index (χ3n) is 2.62. The molecular formula is C14H22O2. The SMILES string of the molecule is CCCCCOc1ccc(C)cc1C(C)O. The van der Waals surface area contributed by atoms with E-state index in [1.165, 1.54) is 12.8 Å². The molecule has 0 amide bonds. The van der Waals surface area contributed by atoms with E-state index in [9.17, 15) is 5.11 Å². The average Bonchev–Trinajstić information content (AvgIpc) is 2.26. The highest BCUT2D eigenvalue weighted by Crippen LogP contribution is 2.26. The maximum absolute atomic E-state index is 9.65. The number of aliphatic hydroxyl groups is 1. The molecule has 0 aliphatic carbocycles. The molecule has 0 fully saturated rings. The van der Waals surface area contributed by atoms with Crippen LogP contribution in [0.2, 0.25) is 0 Å². The van der Waals surface area contributed by atoms with E-state index in [1.54, 1.807) is 6.92 Å². The predicted octanol–water partition coefficient (Wildman–Crippen LogP) is 3.62. The molecule has 16 heavy (non-hydrogen) atoms. The summed E-state index contributed by atoms with van der Waals surface area (Å²) in [7, 11) is 0. The summed E-state index contributed by atoms with van der Waals surface area (Å²) in [4.78, 5) is 0. The molecule has 0 saturated carbocycles. The second-order valence-corrected chi connectivity index (χ2v) is 4.27. The summed E-state index contributed by atoms with van der Waals surface area (Å²) in [6.07, 6.45) is 2.99. The maximum Gasteiger partial charge on any atom is 0.125 e. The van der Waals surface area contributed by atoms with E-state index < -0.39 is 6.10 Å². The Morgan fingerprint density at radius 3 is 2.69 bits per heavy atom. The Bertz CT molecular complexity index is 319. The van der Waals surface area contributed by atoms with Crippen molar-refractivity contribution in [1.82, 2.24) is 0 Å². The lowest BCUT2D eigenvalue weighted by Crippen LogP contribution is -2.02. The minimum atomic E-state index is -0.471. The van der Waals surface area contributed by atoms with Gasteiger partial charge >= 0.3 is 0 Å². The monoisotopic (exact) mass is 222 g/mol. The standard InChI is InChI=1S/C14H22O2/c1-4-5-6-9-16-14-8-7-11(2)10-13(14)12(3)15/h7-8,10,12,15H,4-6,9H2,1-3H3. The Hall–Kier alpha value is -1.02. The molecule has 0 aliphatic heterocycles. The molecule has 90 valence electrons. The van der Waals surface area contributed by atoms with Crippen molar-refractivity contribution < 1.29 is 9.84 Å². The molecule has 2 nitrogen and oxygen atoms in total. The second kappa shape index (κ2) is 6.54. The third-order valence-corrected chi connectivity index (χ3v) is 2.62. The van der Waals surface area contributed by atoms with E-state index in [2.05, 4.69) is 6.92 Å². The minimum absolute atomic E-state index is 0.471. The maximum atomic E-state index is 9.65. The zero-order chi connectivity index (χ0) is 12.0. The van der Waals surface area contributed by atoms with Crippen LogP contribution in [0.5, 0.6) is 5.75 Å². The molecule has 0 saturated heterocycles. The van der Waals surface area contributed by atoms with Crippen LogP contribution >= 0.6 is 0 Å². The Balaban J connectivity index is 2.64. The van der Waals surface area contributed by atoms with Gasteiger partial charge in [0.15, 0.2) is 0 Å². The molecule has 1 unspecified atom stereocenters. The van der Waals surface area contributed by atoms with Gasteiger partial charge in [0, 0.05) is 5.56 Å². The van der Waals surface area contributed by atoms with Crippen LogP contribution in [0.3, 0.4) is 0 Å². The number of unbranched alkanes of at least 4 members (excludes halogenated alkanes) is 2. The lowest BCUT2D eigenvalue weighted by Gasteiger charge is -2.14. The van der Waals surface area contributed by atoms with Crippen LogP contribution in [0.4, 0.5) is 0 Å². The van der Waals surface area contributed by atoms with Gasteiger partial charge in [-0.3, -0.25) is 0 Å². The molecule has 1 atom stereocenters. The number of aryl methyl sites for hydroxylation is 1. The fraction of sp³-hybridized carbons (Fsp3) is 0.571. The Kier molecular flexibility index (Phi) is 5.33. The zero-order valence-electron chi connectivity index (χ0n) is 10.5. The molecule has 2 heteroatoms. The number of hydrogen-bond acceptors (Lipinski definition) is 2. The van der Waals surface area contributed by atoms with Gasteiger partial charge in [0.25, 0.3) is 0 Å². The summed E-state index contributed by atoms with van der Waals surface area (Å²) >= 11 is 0. The van der Waals surface area contributed by atoms with Crippen LogP contribution in [-0.4, -0.2) is 11.7 Å². The van der Waals surface area contributed by atoms with E-state index in [0.29, 0.717) is 0 Å². The Morgan fingerprint density at radius 1 is 1.31 bits per heavy atom. The molecule has 1 aromatic carbocycles. The third kappa shape index (κ3) is 3.86. The highest BCUT2D eigenvalue weighted by molar-refractivity contribution is 5.38. The molecule has 0 aromatic heterocycles. The summed E-state index contributed by atoms with van der Waals surface area (Å²) in [5.41, 5.74) is 2.04. The normalized spacial score (nSPS) is 12.5. The van der Waals surface area contributed by atoms with Gasteiger partial charge in [-0.2, -0.15) is 0 Å². The number of benzene rings is 1. The summed E-state index contributed by atoms with van der Waals surface area (Å²) in [6.45, 7) is 6.70. The van der Waals surface area contributed by atoms with Gasteiger partial charge in [-0.15, -0.1) is 0 Å². The minimum Gasteiger partial charge on any atom is -0.493 e. The van der Waals surface area contributed by atoms with E-state index in [-0.39, 0.29) is 0 Å². The number of hydrogen-bond donors (Lipinski definition) is 1. The van der Waals surface area contributed by atoms with Crippen molar-refractivity contribution in [3.63, 3.8) is 0 Å². The van der Waals surface area contributed by atoms with Gasteiger partial charge < -0.3 is 9.84 Å². The molecule has 1 N–H and O–H groups in total. The van der Waals surface area contributed by atoms with Crippen LogP contribution in [0.25, 0.3) is 0 Å². The highest BCUT2D eigenvalue weighted by atomic mass is 16.5. The van der Waals surface area contributed by atoms with Crippen molar-refractivity contribution in [2.45, 2.75) is 46.1 Å². The van der Waals surface area contributed by atoms with Crippen LogP contribution in [0.15, 0.2) is 18.2 Å². The first-order valence-corrected chi connectivity index (χ1v) is 6.06. The molecule has 0 spiro atoms. The van der Waals surface area contributed by atoms with Crippen molar-refractivity contribution in [3.05, 3.63) is 29.3 Å². The number of ether oxygens (including phenoxy) is 1. The molecule has 1 rings (SSSR count). The summed E-state index contributed by atoms with van der Waals surface area (Å²) in [5, 5.41) is 9.65.